The van der Waals surface area contributed by atoms with E-state index in [1.165, 1.54) is 0 Å². The van der Waals surface area contributed by atoms with Crippen molar-refractivity contribution in [2.24, 2.45) is 0 Å². The van der Waals surface area contributed by atoms with Gasteiger partial charge in [-0.2, -0.15) is 5.10 Å². The molecule has 19 heavy (non-hydrogen) atoms. The Balaban J connectivity index is 2.00. The third-order valence-corrected chi connectivity index (χ3v) is 4.04. The Morgan fingerprint density at radius 2 is 2.00 bits per heavy atom. The van der Waals surface area contributed by atoms with E-state index in [0.29, 0.717) is 6.54 Å². The second-order valence-corrected chi connectivity index (χ2v) is 5.75. The lowest BCUT2D eigenvalue weighted by Gasteiger charge is -2.33. The van der Waals surface area contributed by atoms with Crippen LogP contribution in [0.4, 0.5) is 5.69 Å². The third-order valence-electron chi connectivity index (χ3n) is 3.48. The van der Waals surface area contributed by atoms with Gasteiger partial charge in [-0.25, -0.2) is 4.68 Å². The summed E-state index contributed by atoms with van der Waals surface area (Å²) >= 11 is 3.39. The average Bonchev–Trinajstić information content (AvgIpc) is 2.42. The van der Waals surface area contributed by atoms with Crippen LogP contribution in [-0.2, 0) is 6.54 Å². The SMILES string of the molecule is CN1CCN(c2cnn(CCCCBr)c(=O)c2)CC1. The van der Waals surface area contributed by atoms with Crippen molar-refractivity contribution >= 4 is 21.6 Å². The highest BCUT2D eigenvalue weighted by Crippen LogP contribution is 2.12. The average molecular weight is 329 g/mol. The maximum atomic E-state index is 12.0. The summed E-state index contributed by atoms with van der Waals surface area (Å²) in [5.41, 5.74) is 0.959. The van der Waals surface area contributed by atoms with E-state index in [9.17, 15) is 4.79 Å². The third kappa shape index (κ3) is 4.04. The topological polar surface area (TPSA) is 41.4 Å². The first kappa shape index (κ1) is 14.5. The van der Waals surface area contributed by atoms with E-state index in [2.05, 4.69) is 37.9 Å². The summed E-state index contributed by atoms with van der Waals surface area (Å²) in [6, 6.07) is 1.71. The van der Waals surface area contributed by atoms with Crippen LogP contribution in [0.2, 0.25) is 0 Å². The molecule has 1 aliphatic rings. The van der Waals surface area contributed by atoms with E-state index in [0.717, 1.165) is 50.0 Å². The van der Waals surface area contributed by atoms with E-state index in [-0.39, 0.29) is 5.56 Å². The van der Waals surface area contributed by atoms with Crippen LogP contribution >= 0.6 is 15.9 Å². The molecular formula is C13H21BrN4O. The van der Waals surface area contributed by atoms with Gasteiger partial charge in [-0.15, -0.1) is 0 Å². The highest BCUT2D eigenvalue weighted by molar-refractivity contribution is 9.09. The van der Waals surface area contributed by atoms with Crippen LogP contribution in [-0.4, -0.2) is 53.2 Å². The van der Waals surface area contributed by atoms with Crippen LogP contribution in [0.25, 0.3) is 0 Å². The van der Waals surface area contributed by atoms with Gasteiger partial charge in [0, 0.05) is 44.1 Å². The van der Waals surface area contributed by atoms with Crippen LogP contribution in [0.3, 0.4) is 0 Å². The molecule has 2 rings (SSSR count). The summed E-state index contributed by atoms with van der Waals surface area (Å²) in [6.45, 7) is 4.70. The second-order valence-electron chi connectivity index (χ2n) is 4.96. The van der Waals surface area contributed by atoms with Gasteiger partial charge in [-0.1, -0.05) is 15.9 Å². The minimum Gasteiger partial charge on any atom is -0.368 e. The standard InChI is InChI=1S/C13H21BrN4O/c1-16-6-8-17(9-7-16)12-10-13(19)18(15-11-12)5-3-2-4-14/h10-11H,2-9H2,1H3. The number of hydrogen-bond donors (Lipinski definition) is 0. The van der Waals surface area contributed by atoms with Gasteiger partial charge < -0.3 is 9.80 Å². The zero-order valence-electron chi connectivity index (χ0n) is 11.4. The van der Waals surface area contributed by atoms with Crippen molar-refractivity contribution in [3.63, 3.8) is 0 Å². The summed E-state index contributed by atoms with van der Waals surface area (Å²) in [5.74, 6) is 0. The molecule has 0 radical (unpaired) electrons. The fourth-order valence-corrected chi connectivity index (χ4v) is 2.58. The number of piperazine rings is 1. The van der Waals surface area contributed by atoms with Gasteiger partial charge in [-0.05, 0) is 19.9 Å². The Morgan fingerprint density at radius 1 is 1.26 bits per heavy atom. The fourth-order valence-electron chi connectivity index (χ4n) is 2.19. The minimum atomic E-state index is 0.00556. The Hall–Kier alpha value is -0.880. The number of aryl methyl sites for hydroxylation is 1. The molecule has 1 aliphatic heterocycles. The Morgan fingerprint density at radius 3 is 2.63 bits per heavy atom. The van der Waals surface area contributed by atoms with Gasteiger partial charge in [0.15, 0.2) is 0 Å². The number of halogens is 1. The van der Waals surface area contributed by atoms with E-state index >= 15 is 0 Å². The largest absolute Gasteiger partial charge is 0.368 e. The predicted molar refractivity (Wildman–Crippen MR) is 81.2 cm³/mol. The van der Waals surface area contributed by atoms with Crippen molar-refractivity contribution < 1.29 is 0 Å². The van der Waals surface area contributed by atoms with E-state index in [1.54, 1.807) is 10.7 Å². The number of hydrogen-bond acceptors (Lipinski definition) is 4. The van der Waals surface area contributed by atoms with Gasteiger partial charge in [0.25, 0.3) is 5.56 Å². The Bertz CT molecular complexity index is 454. The number of alkyl halides is 1. The second kappa shape index (κ2) is 7.05. The first-order valence-corrected chi connectivity index (χ1v) is 7.89. The van der Waals surface area contributed by atoms with Gasteiger partial charge in [0.1, 0.15) is 0 Å². The lowest BCUT2D eigenvalue weighted by molar-refractivity contribution is 0.312. The Kier molecular flexibility index (Phi) is 5.39. The monoisotopic (exact) mass is 328 g/mol. The summed E-state index contributed by atoms with van der Waals surface area (Å²) in [7, 11) is 2.12. The highest BCUT2D eigenvalue weighted by atomic mass is 79.9. The number of anilines is 1. The van der Waals surface area contributed by atoms with Gasteiger partial charge in [0.2, 0.25) is 0 Å². The molecule has 1 fully saturated rings. The van der Waals surface area contributed by atoms with Crippen molar-refractivity contribution in [1.29, 1.82) is 0 Å². The van der Waals surface area contributed by atoms with E-state index in [1.807, 2.05) is 6.20 Å². The zero-order chi connectivity index (χ0) is 13.7. The maximum Gasteiger partial charge on any atom is 0.268 e. The normalized spacial score (nSPS) is 16.8. The smallest absolute Gasteiger partial charge is 0.268 e. The molecule has 1 aromatic heterocycles. The summed E-state index contributed by atoms with van der Waals surface area (Å²) in [4.78, 5) is 16.5. The van der Waals surface area contributed by atoms with E-state index in [4.69, 9.17) is 0 Å². The highest BCUT2D eigenvalue weighted by Gasteiger charge is 2.15. The van der Waals surface area contributed by atoms with E-state index < -0.39 is 0 Å². The van der Waals surface area contributed by atoms with Gasteiger partial charge >= 0.3 is 0 Å². The molecule has 0 atom stereocenters. The lowest BCUT2D eigenvalue weighted by atomic mass is 10.3. The van der Waals surface area contributed by atoms with Crippen molar-refractivity contribution in [1.82, 2.24) is 14.7 Å². The van der Waals surface area contributed by atoms with Crippen molar-refractivity contribution in [3.8, 4) is 0 Å². The zero-order valence-corrected chi connectivity index (χ0v) is 13.0. The molecule has 1 aromatic rings. The molecule has 0 unspecified atom stereocenters. The molecule has 0 spiro atoms. The summed E-state index contributed by atoms with van der Waals surface area (Å²) in [6.07, 6.45) is 3.86. The first-order valence-electron chi connectivity index (χ1n) is 6.77. The molecule has 5 nitrogen and oxygen atoms in total. The predicted octanol–water partition coefficient (Wildman–Crippen LogP) is 1.17. The fraction of sp³-hybridized carbons (Fsp3) is 0.692. The number of aromatic nitrogens is 2. The molecule has 106 valence electrons. The molecular weight excluding hydrogens is 308 g/mol. The van der Waals surface area contributed by atoms with Crippen LogP contribution in [0.15, 0.2) is 17.1 Å². The number of unbranched alkanes of at least 4 members (excludes halogenated alkanes) is 1. The number of likely N-dealkylation sites (N-methyl/N-ethyl adjacent to an activating group) is 1. The molecule has 0 aliphatic carbocycles. The molecule has 0 amide bonds. The summed E-state index contributed by atoms with van der Waals surface area (Å²) in [5, 5.41) is 5.25. The molecule has 1 saturated heterocycles. The molecule has 0 saturated carbocycles. The maximum absolute atomic E-state index is 12.0. The van der Waals surface area contributed by atoms with Crippen molar-refractivity contribution in [2.75, 3.05) is 43.5 Å². The lowest BCUT2D eigenvalue weighted by Crippen LogP contribution is -2.45. The van der Waals surface area contributed by atoms with Crippen LogP contribution in [0.5, 0.6) is 0 Å². The number of nitrogens with zero attached hydrogens (tertiary/aromatic N) is 4. The van der Waals surface area contributed by atoms with Gasteiger partial charge in [0.05, 0.1) is 11.9 Å². The first-order chi connectivity index (χ1) is 9.20. The van der Waals surface area contributed by atoms with Gasteiger partial charge in [-0.3, -0.25) is 4.79 Å². The van der Waals surface area contributed by atoms with Crippen LogP contribution in [0, 0.1) is 0 Å². The van der Waals surface area contributed by atoms with Crippen LogP contribution in [0.1, 0.15) is 12.8 Å². The molecule has 0 aromatic carbocycles. The van der Waals surface area contributed by atoms with Crippen LogP contribution < -0.4 is 10.5 Å². The quantitative estimate of drug-likeness (QED) is 0.601. The van der Waals surface area contributed by atoms with Crippen molar-refractivity contribution in [3.05, 3.63) is 22.6 Å². The summed E-state index contributed by atoms with van der Waals surface area (Å²) < 4.78 is 1.56. The minimum absolute atomic E-state index is 0.00556. The molecule has 0 N–H and O–H groups in total. The molecule has 0 bridgehead atoms. The Labute approximate surface area is 122 Å². The van der Waals surface area contributed by atoms with Crippen molar-refractivity contribution in [2.45, 2.75) is 19.4 Å². The molecule has 6 heteroatoms. The molecule has 2 heterocycles. The number of rotatable bonds is 5.